The number of rotatable bonds is 2. The number of hydrogen-bond donors (Lipinski definition) is 0. The molecule has 0 aromatic heterocycles. The molecule has 74 valence electrons. The number of benzene rings is 1. The van der Waals surface area contributed by atoms with Crippen molar-refractivity contribution < 1.29 is 4.74 Å². The number of ether oxygens (including phenoxy) is 1. The maximum Gasteiger partial charge on any atom is 0.126 e. The minimum atomic E-state index is 0.962. The van der Waals surface area contributed by atoms with Crippen molar-refractivity contribution in [2.75, 3.05) is 0 Å². The summed E-state index contributed by atoms with van der Waals surface area (Å²) in [6, 6.07) is 10.0. The van der Waals surface area contributed by atoms with E-state index in [1.165, 1.54) is 30.6 Å². The first-order valence-electron chi connectivity index (χ1n) is 5.28. The van der Waals surface area contributed by atoms with Crippen molar-refractivity contribution in [3.8, 4) is 5.75 Å². The van der Waals surface area contributed by atoms with Crippen LogP contribution in [0.5, 0.6) is 5.75 Å². The summed E-state index contributed by atoms with van der Waals surface area (Å²) in [4.78, 5) is 0. The molecule has 1 aromatic carbocycles. The van der Waals surface area contributed by atoms with Crippen LogP contribution in [0.25, 0.3) is 0 Å². The largest absolute Gasteiger partial charge is 0.462 e. The van der Waals surface area contributed by atoms with Crippen molar-refractivity contribution >= 4 is 0 Å². The highest BCUT2D eigenvalue weighted by Gasteiger charge is 2.10. The lowest BCUT2D eigenvalue weighted by Crippen LogP contribution is -2.03. The van der Waals surface area contributed by atoms with Gasteiger partial charge in [0.1, 0.15) is 11.5 Å². The third-order valence-electron chi connectivity index (χ3n) is 2.67. The lowest BCUT2D eigenvalue weighted by molar-refractivity contribution is 0.375. The molecule has 0 unspecified atom stereocenters. The highest BCUT2D eigenvalue weighted by molar-refractivity contribution is 5.25. The first kappa shape index (κ1) is 9.32. The van der Waals surface area contributed by atoms with Crippen molar-refractivity contribution in [1.82, 2.24) is 0 Å². The molecule has 14 heavy (non-hydrogen) atoms. The van der Waals surface area contributed by atoms with Crippen LogP contribution in [0.1, 0.15) is 32.6 Å². The van der Waals surface area contributed by atoms with Gasteiger partial charge < -0.3 is 4.74 Å². The second-order valence-corrected chi connectivity index (χ2v) is 3.83. The van der Waals surface area contributed by atoms with Gasteiger partial charge in [-0.1, -0.05) is 18.2 Å². The molecule has 1 heteroatoms. The monoisotopic (exact) mass is 188 g/mol. The summed E-state index contributed by atoms with van der Waals surface area (Å²) in [7, 11) is 0. The van der Waals surface area contributed by atoms with Crippen LogP contribution in [-0.2, 0) is 0 Å². The summed E-state index contributed by atoms with van der Waals surface area (Å²) < 4.78 is 5.85. The zero-order valence-corrected chi connectivity index (χ0v) is 8.62. The Morgan fingerprint density at radius 2 is 1.71 bits per heavy atom. The van der Waals surface area contributed by atoms with Crippen molar-refractivity contribution in [1.29, 1.82) is 0 Å². The van der Waals surface area contributed by atoms with Gasteiger partial charge in [-0.25, -0.2) is 0 Å². The average molecular weight is 188 g/mol. The van der Waals surface area contributed by atoms with E-state index in [1.54, 1.807) is 0 Å². The Bertz CT molecular complexity index is 324. The quantitative estimate of drug-likeness (QED) is 0.683. The molecule has 0 saturated heterocycles. The molecule has 0 amide bonds. The summed E-state index contributed by atoms with van der Waals surface area (Å²) >= 11 is 0. The van der Waals surface area contributed by atoms with Gasteiger partial charge in [0.25, 0.3) is 0 Å². The molecule has 0 heterocycles. The summed E-state index contributed by atoms with van der Waals surface area (Å²) in [6.07, 6.45) is 4.87. The highest BCUT2D eigenvalue weighted by atomic mass is 16.5. The zero-order valence-electron chi connectivity index (χ0n) is 8.62. The van der Waals surface area contributed by atoms with E-state index in [0.717, 1.165) is 12.2 Å². The van der Waals surface area contributed by atoms with Gasteiger partial charge in [-0.3, -0.25) is 0 Å². The Morgan fingerprint density at radius 1 is 1.00 bits per heavy atom. The molecule has 0 spiro atoms. The van der Waals surface area contributed by atoms with Crippen LogP contribution in [0.15, 0.2) is 41.7 Å². The molecular formula is C13H16O. The Morgan fingerprint density at radius 3 is 2.43 bits per heavy atom. The number of hydrogen-bond acceptors (Lipinski definition) is 1. The first-order valence-corrected chi connectivity index (χ1v) is 5.28. The van der Waals surface area contributed by atoms with Gasteiger partial charge in [0.05, 0.1) is 0 Å². The maximum absolute atomic E-state index is 5.85. The lowest BCUT2D eigenvalue weighted by atomic mass is 9.99. The summed E-state index contributed by atoms with van der Waals surface area (Å²) in [5, 5.41) is 0. The Hall–Kier alpha value is -1.24. The van der Waals surface area contributed by atoms with Crippen molar-refractivity contribution in [2.24, 2.45) is 0 Å². The predicted molar refractivity (Wildman–Crippen MR) is 58.2 cm³/mol. The zero-order chi connectivity index (χ0) is 9.80. The minimum Gasteiger partial charge on any atom is -0.462 e. The van der Waals surface area contributed by atoms with E-state index in [1.807, 2.05) is 30.3 Å². The van der Waals surface area contributed by atoms with E-state index in [0.29, 0.717) is 0 Å². The van der Waals surface area contributed by atoms with E-state index < -0.39 is 0 Å². The van der Waals surface area contributed by atoms with E-state index in [-0.39, 0.29) is 0 Å². The van der Waals surface area contributed by atoms with Gasteiger partial charge in [0.2, 0.25) is 0 Å². The fourth-order valence-electron chi connectivity index (χ4n) is 1.80. The molecule has 0 radical (unpaired) electrons. The first-order chi connectivity index (χ1) is 6.86. The van der Waals surface area contributed by atoms with E-state index in [2.05, 4.69) is 6.92 Å². The summed E-state index contributed by atoms with van der Waals surface area (Å²) in [5.41, 5.74) is 1.42. The number of para-hydroxylation sites is 1. The molecule has 0 atom stereocenters. The van der Waals surface area contributed by atoms with E-state index in [4.69, 9.17) is 4.74 Å². The normalized spacial score (nSPS) is 16.9. The van der Waals surface area contributed by atoms with Gasteiger partial charge in [0.15, 0.2) is 0 Å². The molecule has 0 N–H and O–H groups in total. The summed E-state index contributed by atoms with van der Waals surface area (Å²) in [6.45, 7) is 2.18. The fraction of sp³-hybridized carbons (Fsp3) is 0.385. The van der Waals surface area contributed by atoms with Crippen LogP contribution < -0.4 is 4.74 Å². The SMILES string of the molecule is CC1=C(Oc2ccccc2)CCCC1. The fourth-order valence-corrected chi connectivity index (χ4v) is 1.80. The molecule has 0 aliphatic heterocycles. The topological polar surface area (TPSA) is 9.23 Å². The molecule has 1 nitrogen and oxygen atoms in total. The molecule has 1 aromatic rings. The van der Waals surface area contributed by atoms with Gasteiger partial charge in [-0.05, 0) is 43.9 Å². The smallest absolute Gasteiger partial charge is 0.126 e. The maximum atomic E-state index is 5.85. The van der Waals surface area contributed by atoms with Crippen LogP contribution in [0.4, 0.5) is 0 Å². The standard InChI is InChI=1S/C13H16O/c1-11-7-5-6-10-13(11)14-12-8-3-2-4-9-12/h2-4,8-9H,5-7,10H2,1H3. The summed E-state index contributed by atoms with van der Waals surface area (Å²) in [5.74, 6) is 2.14. The molecule has 1 aliphatic rings. The van der Waals surface area contributed by atoms with E-state index in [9.17, 15) is 0 Å². The molecule has 1 aliphatic carbocycles. The molecule has 0 saturated carbocycles. The molecule has 0 bridgehead atoms. The molecule has 2 rings (SSSR count). The minimum absolute atomic E-state index is 0.962. The second-order valence-electron chi connectivity index (χ2n) is 3.83. The Balaban J connectivity index is 2.10. The third-order valence-corrected chi connectivity index (χ3v) is 2.67. The average Bonchev–Trinajstić information content (AvgIpc) is 2.23. The highest BCUT2D eigenvalue weighted by Crippen LogP contribution is 2.26. The van der Waals surface area contributed by atoms with E-state index >= 15 is 0 Å². The van der Waals surface area contributed by atoms with Gasteiger partial charge >= 0.3 is 0 Å². The van der Waals surface area contributed by atoms with Crippen LogP contribution in [0.3, 0.4) is 0 Å². The van der Waals surface area contributed by atoms with Crippen molar-refractivity contribution in [3.63, 3.8) is 0 Å². The second kappa shape index (κ2) is 4.32. The Labute approximate surface area is 85.4 Å². The third kappa shape index (κ3) is 2.16. The van der Waals surface area contributed by atoms with Crippen LogP contribution in [0, 0.1) is 0 Å². The van der Waals surface area contributed by atoms with Crippen LogP contribution in [0.2, 0.25) is 0 Å². The predicted octanol–water partition coefficient (Wildman–Crippen LogP) is 3.91. The van der Waals surface area contributed by atoms with Gasteiger partial charge in [-0.2, -0.15) is 0 Å². The van der Waals surface area contributed by atoms with Gasteiger partial charge in [0, 0.05) is 6.42 Å². The van der Waals surface area contributed by atoms with Crippen molar-refractivity contribution in [3.05, 3.63) is 41.7 Å². The molecule has 0 fully saturated rings. The van der Waals surface area contributed by atoms with Crippen LogP contribution in [-0.4, -0.2) is 0 Å². The number of allylic oxidation sites excluding steroid dienone is 2. The molecular weight excluding hydrogens is 172 g/mol. The van der Waals surface area contributed by atoms with Gasteiger partial charge in [-0.15, -0.1) is 0 Å². The van der Waals surface area contributed by atoms with Crippen molar-refractivity contribution in [2.45, 2.75) is 32.6 Å². The Kier molecular flexibility index (Phi) is 2.87. The lowest BCUT2D eigenvalue weighted by Gasteiger charge is -2.18. The van der Waals surface area contributed by atoms with Crippen LogP contribution >= 0.6 is 0 Å².